The molecular weight excluding hydrogens is 336 g/mol. The highest BCUT2D eigenvalue weighted by Crippen LogP contribution is 2.14. The van der Waals surface area contributed by atoms with Crippen molar-refractivity contribution in [2.24, 2.45) is 0 Å². The van der Waals surface area contributed by atoms with Gasteiger partial charge >= 0.3 is 0 Å². The predicted molar refractivity (Wildman–Crippen MR) is 97.3 cm³/mol. The third kappa shape index (κ3) is 6.02. The zero-order valence-electron chi connectivity index (χ0n) is 15.0. The lowest BCUT2D eigenvalue weighted by Crippen LogP contribution is -2.25. The maximum Gasteiger partial charge on any atom is 0.291 e. The largest absolute Gasteiger partial charge is 0.453 e. The first-order valence-corrected chi connectivity index (χ1v) is 8.49. The lowest BCUT2D eigenvalue weighted by molar-refractivity contribution is 0.0942. The molecule has 140 valence electrons. The molecule has 2 N–H and O–H groups in total. The number of ether oxygens (including phenoxy) is 2. The summed E-state index contributed by atoms with van der Waals surface area (Å²) in [7, 11) is 1.55. The topological polar surface area (TPSA) is 89.8 Å². The van der Waals surface area contributed by atoms with Crippen LogP contribution in [0.25, 0.3) is 0 Å². The molecule has 7 heteroatoms. The van der Waals surface area contributed by atoms with Gasteiger partial charge in [-0.1, -0.05) is 6.07 Å². The Balaban J connectivity index is 1.91. The van der Waals surface area contributed by atoms with Crippen molar-refractivity contribution in [3.63, 3.8) is 0 Å². The molecule has 0 spiro atoms. The fourth-order valence-corrected chi connectivity index (χ4v) is 2.27. The monoisotopic (exact) mass is 360 g/mol. The summed E-state index contributed by atoms with van der Waals surface area (Å²) < 4.78 is 15.6. The number of benzene rings is 1. The van der Waals surface area contributed by atoms with Crippen LogP contribution in [0, 0.1) is 0 Å². The van der Waals surface area contributed by atoms with Crippen LogP contribution in [0.3, 0.4) is 0 Å². The summed E-state index contributed by atoms with van der Waals surface area (Å²) in [5.74, 6) is 0.167. The molecule has 1 heterocycles. The van der Waals surface area contributed by atoms with Crippen LogP contribution in [0.1, 0.15) is 40.0 Å². The van der Waals surface area contributed by atoms with Crippen molar-refractivity contribution in [3.8, 4) is 0 Å². The molecule has 2 amide bonds. The van der Waals surface area contributed by atoms with Crippen molar-refractivity contribution in [2.45, 2.75) is 20.0 Å². The summed E-state index contributed by atoms with van der Waals surface area (Å²) in [5.41, 5.74) is 0.986. The second kappa shape index (κ2) is 10.4. The molecule has 1 aromatic heterocycles. The minimum absolute atomic E-state index is 0.183. The fraction of sp³-hybridized carbons (Fsp3) is 0.368. The van der Waals surface area contributed by atoms with Gasteiger partial charge in [-0.2, -0.15) is 0 Å². The Morgan fingerprint density at radius 2 is 2.00 bits per heavy atom. The third-order valence-electron chi connectivity index (χ3n) is 3.51. The van der Waals surface area contributed by atoms with Crippen LogP contribution in [-0.4, -0.2) is 38.7 Å². The van der Waals surface area contributed by atoms with Crippen LogP contribution in [0.4, 0.5) is 5.69 Å². The number of hydrogen-bond acceptors (Lipinski definition) is 5. The molecule has 0 aliphatic heterocycles. The third-order valence-corrected chi connectivity index (χ3v) is 3.51. The number of nitrogens with one attached hydrogen (secondary N) is 2. The molecule has 0 saturated heterocycles. The number of furan rings is 1. The second-order valence-corrected chi connectivity index (χ2v) is 5.54. The average Bonchev–Trinajstić information content (AvgIpc) is 3.11. The number of carbonyl (C=O) groups excluding carboxylic acids is 2. The van der Waals surface area contributed by atoms with E-state index in [1.807, 2.05) is 6.92 Å². The van der Waals surface area contributed by atoms with Crippen molar-refractivity contribution in [2.75, 3.05) is 32.2 Å². The lowest BCUT2D eigenvalue weighted by Gasteiger charge is -2.08. The van der Waals surface area contributed by atoms with E-state index < -0.39 is 0 Å². The van der Waals surface area contributed by atoms with Crippen molar-refractivity contribution in [1.82, 2.24) is 5.32 Å². The normalized spacial score (nSPS) is 10.5. The summed E-state index contributed by atoms with van der Waals surface area (Å²) >= 11 is 0. The van der Waals surface area contributed by atoms with Crippen molar-refractivity contribution >= 4 is 17.5 Å². The Labute approximate surface area is 152 Å². The van der Waals surface area contributed by atoms with Gasteiger partial charge in [-0.15, -0.1) is 0 Å². The predicted octanol–water partition coefficient (Wildman–Crippen LogP) is 2.83. The number of carbonyl (C=O) groups is 2. The van der Waals surface area contributed by atoms with E-state index in [1.54, 1.807) is 43.5 Å². The van der Waals surface area contributed by atoms with Crippen molar-refractivity contribution in [3.05, 3.63) is 53.5 Å². The molecule has 7 nitrogen and oxygen atoms in total. The van der Waals surface area contributed by atoms with Gasteiger partial charge in [-0.3, -0.25) is 9.59 Å². The molecule has 1 aromatic carbocycles. The number of methoxy groups -OCH3 is 1. The van der Waals surface area contributed by atoms with Gasteiger partial charge in [0.1, 0.15) is 12.4 Å². The Morgan fingerprint density at radius 3 is 2.77 bits per heavy atom. The molecule has 0 bridgehead atoms. The lowest BCUT2D eigenvalue weighted by atomic mass is 10.2. The minimum Gasteiger partial charge on any atom is -0.453 e. The van der Waals surface area contributed by atoms with Crippen LogP contribution >= 0.6 is 0 Å². The van der Waals surface area contributed by atoms with Gasteiger partial charge in [0, 0.05) is 38.1 Å². The van der Waals surface area contributed by atoms with E-state index in [0.29, 0.717) is 43.4 Å². The standard InChI is InChI=1S/C19H24N2O5/c1-3-25-11-5-10-20-18(22)14-6-4-7-15(12-14)21-19(23)17-9-8-16(26-17)13-24-2/h4,6-9,12H,3,5,10-11,13H2,1-2H3,(H,20,22)(H,21,23). The van der Waals surface area contributed by atoms with E-state index >= 15 is 0 Å². The summed E-state index contributed by atoms with van der Waals surface area (Å²) in [4.78, 5) is 24.4. The van der Waals surface area contributed by atoms with E-state index in [9.17, 15) is 9.59 Å². The van der Waals surface area contributed by atoms with Gasteiger partial charge in [0.05, 0.1) is 0 Å². The summed E-state index contributed by atoms with van der Waals surface area (Å²) in [5, 5.41) is 5.54. The van der Waals surface area contributed by atoms with E-state index in [1.165, 1.54) is 0 Å². The average molecular weight is 360 g/mol. The van der Waals surface area contributed by atoms with E-state index in [-0.39, 0.29) is 17.6 Å². The highest BCUT2D eigenvalue weighted by molar-refractivity contribution is 6.03. The molecule has 0 atom stereocenters. The Hall–Kier alpha value is -2.64. The summed E-state index contributed by atoms with van der Waals surface area (Å²) in [6.45, 7) is 4.04. The SMILES string of the molecule is CCOCCCNC(=O)c1cccc(NC(=O)c2ccc(COC)o2)c1. The number of rotatable bonds is 10. The Morgan fingerprint density at radius 1 is 1.15 bits per heavy atom. The maximum absolute atomic E-state index is 12.2. The highest BCUT2D eigenvalue weighted by atomic mass is 16.5. The van der Waals surface area contributed by atoms with Gasteiger partial charge in [0.2, 0.25) is 0 Å². The van der Waals surface area contributed by atoms with Gasteiger partial charge in [-0.05, 0) is 43.7 Å². The molecule has 2 rings (SSSR count). The first-order chi connectivity index (χ1) is 12.6. The first-order valence-electron chi connectivity index (χ1n) is 8.49. The van der Waals surface area contributed by atoms with Crippen LogP contribution in [0.15, 0.2) is 40.8 Å². The summed E-state index contributed by atoms with van der Waals surface area (Å²) in [6.07, 6.45) is 0.748. The zero-order chi connectivity index (χ0) is 18.8. The first kappa shape index (κ1) is 19.7. The quantitative estimate of drug-likeness (QED) is 0.636. The molecule has 2 aromatic rings. The van der Waals surface area contributed by atoms with Crippen LogP contribution < -0.4 is 10.6 Å². The van der Waals surface area contributed by atoms with E-state index in [0.717, 1.165) is 6.42 Å². The molecule has 0 aliphatic carbocycles. The van der Waals surface area contributed by atoms with Crippen molar-refractivity contribution in [1.29, 1.82) is 0 Å². The van der Waals surface area contributed by atoms with E-state index in [4.69, 9.17) is 13.9 Å². The smallest absolute Gasteiger partial charge is 0.291 e. The molecule has 0 fully saturated rings. The minimum atomic E-state index is -0.387. The maximum atomic E-state index is 12.2. The van der Waals surface area contributed by atoms with Gasteiger partial charge in [-0.25, -0.2) is 0 Å². The zero-order valence-corrected chi connectivity index (χ0v) is 15.0. The second-order valence-electron chi connectivity index (χ2n) is 5.54. The van der Waals surface area contributed by atoms with Gasteiger partial charge < -0.3 is 24.5 Å². The highest BCUT2D eigenvalue weighted by Gasteiger charge is 2.13. The molecule has 0 radical (unpaired) electrons. The van der Waals surface area contributed by atoms with Crippen LogP contribution in [0.5, 0.6) is 0 Å². The van der Waals surface area contributed by atoms with Gasteiger partial charge in [0.25, 0.3) is 11.8 Å². The fourth-order valence-electron chi connectivity index (χ4n) is 2.27. The Bertz CT molecular complexity index is 726. The number of anilines is 1. The van der Waals surface area contributed by atoms with Crippen molar-refractivity contribution < 1.29 is 23.5 Å². The van der Waals surface area contributed by atoms with Crippen LogP contribution in [0.2, 0.25) is 0 Å². The van der Waals surface area contributed by atoms with E-state index in [2.05, 4.69) is 10.6 Å². The van der Waals surface area contributed by atoms with Gasteiger partial charge in [0.15, 0.2) is 5.76 Å². The molecule has 0 saturated carbocycles. The molecule has 0 unspecified atom stereocenters. The molecule has 0 aliphatic rings. The Kier molecular flexibility index (Phi) is 7.85. The molecule has 26 heavy (non-hydrogen) atoms. The summed E-state index contributed by atoms with van der Waals surface area (Å²) in [6, 6.07) is 10.0. The number of amides is 2. The van der Waals surface area contributed by atoms with Crippen LogP contribution in [-0.2, 0) is 16.1 Å². The number of hydrogen-bond donors (Lipinski definition) is 2. The molecular formula is C19H24N2O5.